The summed E-state index contributed by atoms with van der Waals surface area (Å²) in [5, 5.41) is 0. The van der Waals surface area contributed by atoms with E-state index in [2.05, 4.69) is 9.97 Å². The van der Waals surface area contributed by atoms with Gasteiger partial charge in [-0.1, -0.05) is 39.8 Å². The largest absolute Gasteiger partial charge is 0.261 e. The second-order valence-electron chi connectivity index (χ2n) is 2.82. The third-order valence-electron chi connectivity index (χ3n) is 1.81. The number of hydrogen-bond acceptors (Lipinski definition) is 2. The molecule has 0 fully saturated rings. The summed E-state index contributed by atoms with van der Waals surface area (Å²) >= 11 is 0. The van der Waals surface area contributed by atoms with Gasteiger partial charge >= 0.3 is 0 Å². The number of nitrogens with zero attached hydrogens (tertiary/aromatic N) is 2. The summed E-state index contributed by atoms with van der Waals surface area (Å²) < 4.78 is 0. The molecule has 0 bridgehead atoms. The predicted molar refractivity (Wildman–Crippen MR) is 74.0 cm³/mol. The van der Waals surface area contributed by atoms with E-state index in [0.29, 0.717) is 0 Å². The molecule has 92 valence electrons. The molecule has 0 aliphatic heterocycles. The standard InChI is InChI=1S/C11H10N2.2C2H6/c1-3-7-12-10(5-1)9-11-6-2-4-8-13-11;2*1-2/h1-8H,9H2;2*1-2H3. The summed E-state index contributed by atoms with van der Waals surface area (Å²) in [7, 11) is 0. The highest BCUT2D eigenvalue weighted by Gasteiger charge is 1.95. The molecule has 0 aliphatic rings. The van der Waals surface area contributed by atoms with Crippen molar-refractivity contribution in [1.29, 1.82) is 0 Å². The zero-order chi connectivity index (χ0) is 12.9. The van der Waals surface area contributed by atoms with Crippen molar-refractivity contribution in [1.82, 2.24) is 9.97 Å². The summed E-state index contributed by atoms with van der Waals surface area (Å²) in [4.78, 5) is 8.47. The Balaban J connectivity index is 0.000000581. The topological polar surface area (TPSA) is 25.8 Å². The molecule has 0 amide bonds. The number of aromatic nitrogens is 2. The molecule has 0 saturated carbocycles. The van der Waals surface area contributed by atoms with E-state index in [1.807, 2.05) is 64.1 Å². The molecule has 0 unspecified atom stereocenters. The first kappa shape index (κ1) is 15.3. The average Bonchev–Trinajstić information content (AvgIpc) is 2.45. The van der Waals surface area contributed by atoms with Gasteiger partial charge in [-0.05, 0) is 24.3 Å². The lowest BCUT2D eigenvalue weighted by molar-refractivity contribution is 1.01. The van der Waals surface area contributed by atoms with Crippen LogP contribution in [0.15, 0.2) is 48.8 Å². The Hall–Kier alpha value is -1.70. The van der Waals surface area contributed by atoms with Crippen LogP contribution in [-0.2, 0) is 6.42 Å². The number of rotatable bonds is 2. The van der Waals surface area contributed by atoms with Gasteiger partial charge in [-0.15, -0.1) is 0 Å². The van der Waals surface area contributed by atoms with E-state index >= 15 is 0 Å². The third kappa shape index (κ3) is 6.46. The molecule has 0 radical (unpaired) electrons. The fourth-order valence-electron chi connectivity index (χ4n) is 1.19. The zero-order valence-electron chi connectivity index (χ0n) is 11.2. The molecule has 2 nitrogen and oxygen atoms in total. The van der Waals surface area contributed by atoms with Crippen LogP contribution in [0.2, 0.25) is 0 Å². The normalized spacial score (nSPS) is 8.24. The first-order chi connectivity index (χ1) is 8.45. The Kier molecular flexibility index (Phi) is 9.73. The van der Waals surface area contributed by atoms with E-state index in [1.165, 1.54) is 0 Å². The fourth-order valence-corrected chi connectivity index (χ4v) is 1.19. The van der Waals surface area contributed by atoms with Crippen molar-refractivity contribution >= 4 is 0 Å². The molecule has 0 spiro atoms. The maximum Gasteiger partial charge on any atom is 0.0463 e. The van der Waals surface area contributed by atoms with Gasteiger partial charge in [0.25, 0.3) is 0 Å². The number of pyridine rings is 2. The van der Waals surface area contributed by atoms with Gasteiger partial charge in [0.05, 0.1) is 0 Å². The van der Waals surface area contributed by atoms with Crippen LogP contribution < -0.4 is 0 Å². The minimum atomic E-state index is 0.807. The van der Waals surface area contributed by atoms with E-state index in [-0.39, 0.29) is 0 Å². The van der Waals surface area contributed by atoms with Crippen molar-refractivity contribution < 1.29 is 0 Å². The molecular formula is C15H22N2. The van der Waals surface area contributed by atoms with E-state index in [0.717, 1.165) is 17.8 Å². The van der Waals surface area contributed by atoms with Crippen LogP contribution in [0.5, 0.6) is 0 Å². The molecular weight excluding hydrogens is 208 g/mol. The maximum absolute atomic E-state index is 4.23. The van der Waals surface area contributed by atoms with Crippen molar-refractivity contribution in [2.45, 2.75) is 34.1 Å². The Morgan fingerprint density at radius 3 is 1.41 bits per heavy atom. The molecule has 17 heavy (non-hydrogen) atoms. The van der Waals surface area contributed by atoms with Gasteiger partial charge in [0.2, 0.25) is 0 Å². The van der Waals surface area contributed by atoms with Gasteiger partial charge in [0.15, 0.2) is 0 Å². The van der Waals surface area contributed by atoms with E-state index in [4.69, 9.17) is 0 Å². The van der Waals surface area contributed by atoms with Crippen LogP contribution in [0.25, 0.3) is 0 Å². The third-order valence-corrected chi connectivity index (χ3v) is 1.81. The lowest BCUT2D eigenvalue weighted by Crippen LogP contribution is -1.92. The van der Waals surface area contributed by atoms with Crippen molar-refractivity contribution in [2.24, 2.45) is 0 Å². The van der Waals surface area contributed by atoms with Crippen LogP contribution in [0.3, 0.4) is 0 Å². The van der Waals surface area contributed by atoms with Gasteiger partial charge in [0.1, 0.15) is 0 Å². The van der Waals surface area contributed by atoms with E-state index < -0.39 is 0 Å². The second-order valence-corrected chi connectivity index (χ2v) is 2.82. The fraction of sp³-hybridized carbons (Fsp3) is 0.333. The summed E-state index contributed by atoms with van der Waals surface area (Å²) in [5.41, 5.74) is 2.11. The lowest BCUT2D eigenvalue weighted by atomic mass is 10.2. The first-order valence-electron chi connectivity index (χ1n) is 6.25. The molecule has 2 heteroatoms. The van der Waals surface area contributed by atoms with Crippen LogP contribution in [0.1, 0.15) is 39.1 Å². The van der Waals surface area contributed by atoms with Crippen molar-refractivity contribution in [3.63, 3.8) is 0 Å². The van der Waals surface area contributed by atoms with Gasteiger partial charge < -0.3 is 0 Å². The lowest BCUT2D eigenvalue weighted by Gasteiger charge is -1.98. The maximum atomic E-state index is 4.23. The van der Waals surface area contributed by atoms with E-state index in [9.17, 15) is 0 Å². The Morgan fingerprint density at radius 1 is 0.706 bits per heavy atom. The summed E-state index contributed by atoms with van der Waals surface area (Å²) in [6.07, 6.45) is 4.41. The van der Waals surface area contributed by atoms with Gasteiger partial charge in [-0.2, -0.15) is 0 Å². The molecule has 0 saturated heterocycles. The highest BCUT2D eigenvalue weighted by atomic mass is 14.7. The van der Waals surface area contributed by atoms with Crippen molar-refractivity contribution in [3.05, 3.63) is 60.2 Å². The predicted octanol–water partition coefficient (Wildman–Crippen LogP) is 4.12. The molecule has 0 aromatic carbocycles. The Labute approximate surface area is 105 Å². The molecule has 2 aromatic heterocycles. The minimum Gasteiger partial charge on any atom is -0.261 e. The summed E-state index contributed by atoms with van der Waals surface area (Å²) in [6, 6.07) is 11.8. The molecule has 2 rings (SSSR count). The van der Waals surface area contributed by atoms with Gasteiger partial charge in [-0.25, -0.2) is 0 Å². The molecule has 2 aromatic rings. The molecule has 0 aliphatic carbocycles. The first-order valence-corrected chi connectivity index (χ1v) is 6.25. The zero-order valence-corrected chi connectivity index (χ0v) is 11.2. The summed E-state index contributed by atoms with van der Waals surface area (Å²) in [6.45, 7) is 8.00. The second kappa shape index (κ2) is 10.8. The Morgan fingerprint density at radius 2 is 1.12 bits per heavy atom. The smallest absolute Gasteiger partial charge is 0.0463 e. The van der Waals surface area contributed by atoms with Gasteiger partial charge in [0, 0.05) is 30.2 Å². The quantitative estimate of drug-likeness (QED) is 0.775. The van der Waals surface area contributed by atoms with Crippen LogP contribution in [0.4, 0.5) is 0 Å². The van der Waals surface area contributed by atoms with E-state index in [1.54, 1.807) is 12.4 Å². The number of hydrogen-bond donors (Lipinski definition) is 0. The molecule has 0 N–H and O–H groups in total. The summed E-state index contributed by atoms with van der Waals surface area (Å²) in [5.74, 6) is 0. The molecule has 0 atom stereocenters. The van der Waals surface area contributed by atoms with Crippen molar-refractivity contribution in [3.8, 4) is 0 Å². The van der Waals surface area contributed by atoms with Crippen LogP contribution in [-0.4, -0.2) is 9.97 Å². The monoisotopic (exact) mass is 230 g/mol. The minimum absolute atomic E-state index is 0.807. The van der Waals surface area contributed by atoms with Gasteiger partial charge in [-0.3, -0.25) is 9.97 Å². The SMILES string of the molecule is CC.CC.c1ccc(Cc2ccccn2)nc1. The Bertz CT molecular complexity index is 320. The van der Waals surface area contributed by atoms with Crippen LogP contribution in [0, 0.1) is 0 Å². The molecule has 2 heterocycles. The van der Waals surface area contributed by atoms with Crippen molar-refractivity contribution in [2.75, 3.05) is 0 Å². The highest BCUT2D eigenvalue weighted by molar-refractivity contribution is 5.14. The average molecular weight is 230 g/mol. The van der Waals surface area contributed by atoms with Crippen LogP contribution >= 0.6 is 0 Å². The highest BCUT2D eigenvalue weighted by Crippen LogP contribution is 2.02.